The molecule has 2 aromatic rings. The molecule has 8 nitrogen and oxygen atoms in total. The zero-order chi connectivity index (χ0) is 24.2. The van der Waals surface area contributed by atoms with Gasteiger partial charge in [0.15, 0.2) is 0 Å². The van der Waals surface area contributed by atoms with Gasteiger partial charge in [-0.25, -0.2) is 0 Å². The Kier molecular flexibility index (Phi) is 7.81. The molecular formula is C25H32N4O4S2. The van der Waals surface area contributed by atoms with Crippen LogP contribution < -0.4 is 5.32 Å². The molecule has 5 heterocycles. The monoisotopic (exact) mass is 516 g/mol. The van der Waals surface area contributed by atoms with Crippen LogP contribution in [-0.2, 0) is 9.53 Å². The standard InChI is InChI=1S/C25H32N4O4S2/c30-23(27-10-4-8-26-9-11-27)20-15-18(16-29(20)25(32)22-7-3-14-35-22)28(17-19-5-1-12-33-19)24(31)21-6-2-13-34-21/h2-3,6-7,13-14,18-20,26H,1,4-5,8-12,15-17H2. The normalized spacial score (nSPS) is 25.0. The van der Waals surface area contributed by atoms with E-state index in [1.807, 2.05) is 38.8 Å². The fourth-order valence-corrected chi connectivity index (χ4v) is 6.62. The van der Waals surface area contributed by atoms with Gasteiger partial charge in [0.1, 0.15) is 6.04 Å². The third-order valence-corrected chi connectivity index (χ3v) is 8.78. The van der Waals surface area contributed by atoms with Crippen molar-refractivity contribution >= 4 is 40.4 Å². The van der Waals surface area contributed by atoms with Gasteiger partial charge in [-0.05, 0) is 55.1 Å². The third-order valence-electron chi connectivity index (χ3n) is 7.07. The Morgan fingerprint density at radius 2 is 1.86 bits per heavy atom. The second kappa shape index (κ2) is 11.2. The van der Waals surface area contributed by atoms with E-state index in [-0.39, 0.29) is 29.9 Å². The molecule has 3 fully saturated rings. The van der Waals surface area contributed by atoms with E-state index < -0.39 is 6.04 Å². The molecule has 3 aliphatic heterocycles. The number of carbonyl (C=O) groups excluding carboxylic acids is 3. The smallest absolute Gasteiger partial charge is 0.264 e. The third kappa shape index (κ3) is 5.45. The molecule has 1 N–H and O–H groups in total. The molecule has 3 aliphatic rings. The van der Waals surface area contributed by atoms with Crippen molar-refractivity contribution < 1.29 is 19.1 Å². The van der Waals surface area contributed by atoms with Crippen LogP contribution in [0.4, 0.5) is 0 Å². The quantitative estimate of drug-likeness (QED) is 0.638. The maximum Gasteiger partial charge on any atom is 0.264 e. The number of amides is 3. The molecule has 2 aromatic heterocycles. The average Bonchev–Trinajstić information content (AvgIpc) is 3.67. The number of hydrogen-bond donors (Lipinski definition) is 1. The highest BCUT2D eigenvalue weighted by atomic mass is 32.1. The number of hydrogen-bond acceptors (Lipinski definition) is 7. The topological polar surface area (TPSA) is 82.2 Å². The fraction of sp³-hybridized carbons (Fsp3) is 0.560. The molecule has 10 heteroatoms. The first-order valence-electron chi connectivity index (χ1n) is 12.4. The van der Waals surface area contributed by atoms with E-state index >= 15 is 0 Å². The van der Waals surface area contributed by atoms with Crippen molar-refractivity contribution in [2.24, 2.45) is 0 Å². The second-order valence-electron chi connectivity index (χ2n) is 9.34. The molecular weight excluding hydrogens is 484 g/mol. The number of nitrogens with zero attached hydrogens (tertiary/aromatic N) is 3. The maximum atomic E-state index is 13.7. The Morgan fingerprint density at radius 3 is 2.57 bits per heavy atom. The van der Waals surface area contributed by atoms with Gasteiger partial charge >= 0.3 is 0 Å². The minimum atomic E-state index is -0.573. The lowest BCUT2D eigenvalue weighted by atomic mass is 10.1. The summed E-state index contributed by atoms with van der Waals surface area (Å²) in [5.74, 6) is -0.188. The molecule has 0 aliphatic carbocycles. The molecule has 0 radical (unpaired) electrons. The molecule has 3 saturated heterocycles. The van der Waals surface area contributed by atoms with Crippen LogP contribution >= 0.6 is 22.7 Å². The fourth-order valence-electron chi connectivity index (χ4n) is 5.26. The molecule has 3 amide bonds. The summed E-state index contributed by atoms with van der Waals surface area (Å²) in [7, 11) is 0. The van der Waals surface area contributed by atoms with E-state index in [0.29, 0.717) is 49.0 Å². The lowest BCUT2D eigenvalue weighted by Gasteiger charge is -2.30. The van der Waals surface area contributed by atoms with E-state index in [1.165, 1.54) is 22.7 Å². The van der Waals surface area contributed by atoms with Gasteiger partial charge in [0.2, 0.25) is 5.91 Å². The van der Waals surface area contributed by atoms with Gasteiger partial charge in [0, 0.05) is 39.3 Å². The summed E-state index contributed by atoms with van der Waals surface area (Å²) in [5.41, 5.74) is 0. The maximum absolute atomic E-state index is 13.7. The van der Waals surface area contributed by atoms with E-state index in [1.54, 1.807) is 11.0 Å². The molecule has 0 saturated carbocycles. The van der Waals surface area contributed by atoms with Crippen LogP contribution in [0.25, 0.3) is 0 Å². The van der Waals surface area contributed by atoms with Crippen molar-refractivity contribution in [1.29, 1.82) is 0 Å². The van der Waals surface area contributed by atoms with Crippen molar-refractivity contribution in [3.63, 3.8) is 0 Å². The summed E-state index contributed by atoms with van der Waals surface area (Å²) in [4.78, 5) is 47.6. The Hall–Kier alpha value is -2.27. The van der Waals surface area contributed by atoms with Crippen molar-refractivity contribution in [3.8, 4) is 0 Å². The molecule has 35 heavy (non-hydrogen) atoms. The van der Waals surface area contributed by atoms with Crippen LogP contribution in [0.1, 0.15) is 45.0 Å². The van der Waals surface area contributed by atoms with Crippen molar-refractivity contribution in [1.82, 2.24) is 20.0 Å². The summed E-state index contributed by atoms with van der Waals surface area (Å²) in [6, 6.07) is 6.56. The van der Waals surface area contributed by atoms with Gasteiger partial charge < -0.3 is 24.8 Å². The van der Waals surface area contributed by atoms with Gasteiger partial charge in [-0.1, -0.05) is 12.1 Å². The molecule has 0 bridgehead atoms. The molecule has 5 rings (SSSR count). The van der Waals surface area contributed by atoms with Crippen LogP contribution in [0.5, 0.6) is 0 Å². The zero-order valence-electron chi connectivity index (χ0n) is 19.8. The first kappa shape index (κ1) is 24.4. The van der Waals surface area contributed by atoms with Gasteiger partial charge in [0.25, 0.3) is 11.8 Å². The van der Waals surface area contributed by atoms with Gasteiger partial charge in [0.05, 0.1) is 21.9 Å². The highest BCUT2D eigenvalue weighted by Gasteiger charge is 2.45. The number of likely N-dealkylation sites (tertiary alicyclic amines) is 1. The number of nitrogens with one attached hydrogen (secondary N) is 1. The summed E-state index contributed by atoms with van der Waals surface area (Å²) in [5, 5.41) is 7.12. The van der Waals surface area contributed by atoms with Gasteiger partial charge in [-0.3, -0.25) is 14.4 Å². The SMILES string of the molecule is O=C(C1CC(N(CC2CCCO2)C(=O)c2cccs2)CN1C(=O)c1cccs1)N1CCCNCC1. The zero-order valence-corrected chi connectivity index (χ0v) is 21.4. The predicted molar refractivity (Wildman–Crippen MR) is 136 cm³/mol. The molecule has 3 atom stereocenters. The van der Waals surface area contributed by atoms with E-state index in [0.717, 1.165) is 32.4 Å². The number of ether oxygens (including phenoxy) is 1. The number of rotatable bonds is 6. The summed E-state index contributed by atoms with van der Waals surface area (Å²) in [6.07, 6.45) is 3.24. The minimum absolute atomic E-state index is 0.00760. The van der Waals surface area contributed by atoms with Crippen LogP contribution in [0.15, 0.2) is 35.0 Å². The Morgan fingerprint density at radius 1 is 1.06 bits per heavy atom. The first-order valence-corrected chi connectivity index (χ1v) is 14.2. The molecule has 188 valence electrons. The minimum Gasteiger partial charge on any atom is -0.376 e. The summed E-state index contributed by atoms with van der Waals surface area (Å²) in [6.45, 7) is 4.50. The molecule has 0 aromatic carbocycles. The summed E-state index contributed by atoms with van der Waals surface area (Å²) >= 11 is 2.81. The Labute approximate surface area is 213 Å². The number of carbonyl (C=O) groups is 3. The van der Waals surface area contributed by atoms with E-state index in [2.05, 4.69) is 5.32 Å². The summed E-state index contributed by atoms with van der Waals surface area (Å²) < 4.78 is 5.88. The van der Waals surface area contributed by atoms with E-state index in [9.17, 15) is 14.4 Å². The lowest BCUT2D eigenvalue weighted by Crippen LogP contribution is -2.48. The van der Waals surface area contributed by atoms with E-state index in [4.69, 9.17) is 4.74 Å². The Bertz CT molecular complexity index is 999. The molecule has 3 unspecified atom stereocenters. The largest absolute Gasteiger partial charge is 0.376 e. The van der Waals surface area contributed by atoms with Gasteiger partial charge in [-0.2, -0.15) is 0 Å². The van der Waals surface area contributed by atoms with Gasteiger partial charge in [-0.15, -0.1) is 22.7 Å². The molecule has 0 spiro atoms. The number of thiophene rings is 2. The predicted octanol–water partition coefficient (Wildman–Crippen LogP) is 2.54. The second-order valence-corrected chi connectivity index (χ2v) is 11.2. The highest BCUT2D eigenvalue weighted by molar-refractivity contribution is 7.12. The van der Waals surface area contributed by atoms with Crippen molar-refractivity contribution in [2.75, 3.05) is 45.9 Å². The first-order chi connectivity index (χ1) is 17.1. The van der Waals surface area contributed by atoms with Crippen LogP contribution in [-0.4, -0.2) is 96.5 Å². The van der Waals surface area contributed by atoms with Crippen molar-refractivity contribution in [2.45, 2.75) is 43.9 Å². The van der Waals surface area contributed by atoms with Crippen molar-refractivity contribution in [3.05, 3.63) is 44.8 Å². The lowest BCUT2D eigenvalue weighted by molar-refractivity contribution is -0.135. The highest BCUT2D eigenvalue weighted by Crippen LogP contribution is 2.30. The van der Waals surface area contributed by atoms with Crippen LogP contribution in [0.3, 0.4) is 0 Å². The average molecular weight is 517 g/mol. The van der Waals surface area contributed by atoms with Crippen LogP contribution in [0, 0.1) is 0 Å². The Balaban J connectivity index is 1.42. The van der Waals surface area contributed by atoms with Crippen LogP contribution in [0.2, 0.25) is 0 Å².